The molecule has 4 nitrogen and oxygen atoms in total. The Bertz CT molecular complexity index is 715. The van der Waals surface area contributed by atoms with Crippen molar-refractivity contribution in [3.63, 3.8) is 0 Å². The van der Waals surface area contributed by atoms with Crippen LogP contribution in [0.5, 0.6) is 5.75 Å². The highest BCUT2D eigenvalue weighted by molar-refractivity contribution is 5.86. The van der Waals surface area contributed by atoms with E-state index in [4.69, 9.17) is 4.74 Å². The van der Waals surface area contributed by atoms with Gasteiger partial charge in [-0.2, -0.15) is 0 Å². The third-order valence-electron chi connectivity index (χ3n) is 5.22. The third kappa shape index (κ3) is 2.27. The Kier molecular flexibility index (Phi) is 3.32. The number of H-pyrrole nitrogens is 1. The molecule has 0 saturated heterocycles. The normalized spacial score (nSPS) is 21.2. The molecule has 116 valence electrons. The predicted octanol–water partition coefficient (Wildman–Crippen LogP) is 2.95. The molecule has 1 aromatic heterocycles. The maximum atomic E-state index is 12.2. The number of fused-ring (bicyclic) bond motifs is 3. The molecule has 0 bridgehead atoms. The first kappa shape index (κ1) is 13.7. The highest BCUT2D eigenvalue weighted by Gasteiger charge is 2.29. The van der Waals surface area contributed by atoms with Gasteiger partial charge in [-0.05, 0) is 55.9 Å². The number of hydrogen-bond donors (Lipinski definition) is 2. The maximum Gasteiger partial charge on any atom is 0.223 e. The van der Waals surface area contributed by atoms with Gasteiger partial charge in [0.2, 0.25) is 5.91 Å². The van der Waals surface area contributed by atoms with Crippen LogP contribution in [0.25, 0.3) is 10.9 Å². The lowest BCUT2D eigenvalue weighted by atomic mass is 9.84. The summed E-state index contributed by atoms with van der Waals surface area (Å²) in [5.74, 6) is 1.41. The van der Waals surface area contributed by atoms with Crippen LogP contribution in [0.3, 0.4) is 0 Å². The standard InChI is InChI=1S/C18H22N2O2/c1-22-13-6-8-17-15(10-13)14-9-12(5-7-16(14)20-17)19-18(21)11-3-2-4-11/h6,8,10-12,20H,2-5,7,9H2,1H3,(H,19,21). The molecule has 2 aromatic rings. The number of carbonyl (C=O) groups excluding carboxylic acids is 1. The first-order valence-electron chi connectivity index (χ1n) is 8.22. The molecule has 1 atom stereocenters. The summed E-state index contributed by atoms with van der Waals surface area (Å²) in [6, 6.07) is 6.43. The summed E-state index contributed by atoms with van der Waals surface area (Å²) < 4.78 is 5.34. The first-order valence-corrected chi connectivity index (χ1v) is 8.22. The Labute approximate surface area is 130 Å². The number of amides is 1. The van der Waals surface area contributed by atoms with Gasteiger partial charge in [-0.1, -0.05) is 6.42 Å². The minimum absolute atomic E-state index is 0.261. The molecule has 1 unspecified atom stereocenters. The SMILES string of the molecule is COc1ccc2[nH]c3c(c2c1)CC(NC(=O)C1CCC1)CC3. The van der Waals surface area contributed by atoms with E-state index in [1.807, 2.05) is 6.07 Å². The molecular formula is C18H22N2O2. The molecule has 1 fully saturated rings. The summed E-state index contributed by atoms with van der Waals surface area (Å²) in [7, 11) is 1.70. The lowest BCUT2D eigenvalue weighted by Gasteiger charge is -2.29. The molecule has 2 aliphatic rings. The first-order chi connectivity index (χ1) is 10.7. The number of hydrogen-bond acceptors (Lipinski definition) is 2. The lowest BCUT2D eigenvalue weighted by molar-refractivity contribution is -0.128. The largest absolute Gasteiger partial charge is 0.497 e. The summed E-state index contributed by atoms with van der Waals surface area (Å²) in [5, 5.41) is 4.49. The summed E-state index contributed by atoms with van der Waals surface area (Å²) >= 11 is 0. The highest BCUT2D eigenvalue weighted by atomic mass is 16.5. The molecule has 22 heavy (non-hydrogen) atoms. The number of aryl methyl sites for hydroxylation is 1. The second-order valence-electron chi connectivity index (χ2n) is 6.57. The van der Waals surface area contributed by atoms with E-state index in [9.17, 15) is 4.79 Å². The van der Waals surface area contributed by atoms with Crippen molar-refractivity contribution >= 4 is 16.8 Å². The van der Waals surface area contributed by atoms with Crippen molar-refractivity contribution in [3.8, 4) is 5.75 Å². The molecule has 4 rings (SSSR count). The second kappa shape index (κ2) is 5.34. The minimum Gasteiger partial charge on any atom is -0.497 e. The molecule has 0 aliphatic heterocycles. The van der Waals surface area contributed by atoms with Crippen LogP contribution in [0.1, 0.15) is 36.9 Å². The van der Waals surface area contributed by atoms with Crippen molar-refractivity contribution in [1.29, 1.82) is 0 Å². The Morgan fingerprint density at radius 3 is 2.91 bits per heavy atom. The van der Waals surface area contributed by atoms with Crippen LogP contribution < -0.4 is 10.1 Å². The smallest absolute Gasteiger partial charge is 0.223 e. The number of rotatable bonds is 3. The van der Waals surface area contributed by atoms with Gasteiger partial charge in [0.1, 0.15) is 5.75 Å². The van der Waals surface area contributed by atoms with Crippen LogP contribution >= 0.6 is 0 Å². The van der Waals surface area contributed by atoms with Gasteiger partial charge in [-0.3, -0.25) is 4.79 Å². The Hall–Kier alpha value is -1.97. The van der Waals surface area contributed by atoms with Crippen molar-refractivity contribution in [2.75, 3.05) is 7.11 Å². The monoisotopic (exact) mass is 298 g/mol. The summed E-state index contributed by atoms with van der Waals surface area (Å²) in [6.45, 7) is 0. The average Bonchev–Trinajstić information content (AvgIpc) is 2.82. The van der Waals surface area contributed by atoms with Gasteiger partial charge < -0.3 is 15.0 Å². The average molecular weight is 298 g/mol. The summed E-state index contributed by atoms with van der Waals surface area (Å²) in [4.78, 5) is 15.7. The van der Waals surface area contributed by atoms with Crippen molar-refractivity contribution in [2.45, 2.75) is 44.6 Å². The molecule has 4 heteroatoms. The maximum absolute atomic E-state index is 12.2. The summed E-state index contributed by atoms with van der Waals surface area (Å²) in [5.41, 5.74) is 3.83. The molecule has 0 spiro atoms. The van der Waals surface area contributed by atoms with E-state index in [0.29, 0.717) is 0 Å². The van der Waals surface area contributed by atoms with Gasteiger partial charge in [0.25, 0.3) is 0 Å². The zero-order valence-corrected chi connectivity index (χ0v) is 12.9. The van der Waals surface area contributed by atoms with Crippen LogP contribution in [0.2, 0.25) is 0 Å². The quantitative estimate of drug-likeness (QED) is 0.915. The van der Waals surface area contributed by atoms with Crippen molar-refractivity contribution in [2.24, 2.45) is 5.92 Å². The van der Waals surface area contributed by atoms with Gasteiger partial charge >= 0.3 is 0 Å². The fourth-order valence-corrected chi connectivity index (χ4v) is 3.64. The van der Waals surface area contributed by atoms with E-state index in [1.54, 1.807) is 7.11 Å². The number of methoxy groups -OCH3 is 1. The molecular weight excluding hydrogens is 276 g/mol. The zero-order chi connectivity index (χ0) is 15.1. The minimum atomic E-state index is 0.261. The van der Waals surface area contributed by atoms with Crippen molar-refractivity contribution < 1.29 is 9.53 Å². The number of benzene rings is 1. The van der Waals surface area contributed by atoms with E-state index in [2.05, 4.69) is 22.4 Å². The van der Waals surface area contributed by atoms with E-state index >= 15 is 0 Å². The molecule has 1 aromatic carbocycles. The lowest BCUT2D eigenvalue weighted by Crippen LogP contribution is -2.43. The van der Waals surface area contributed by atoms with E-state index < -0.39 is 0 Å². The van der Waals surface area contributed by atoms with Gasteiger partial charge in [0.05, 0.1) is 7.11 Å². The molecule has 0 radical (unpaired) electrons. The number of ether oxygens (including phenoxy) is 1. The predicted molar refractivity (Wildman–Crippen MR) is 86.1 cm³/mol. The number of aromatic nitrogens is 1. The van der Waals surface area contributed by atoms with Crippen molar-refractivity contribution in [1.82, 2.24) is 10.3 Å². The molecule has 2 aliphatic carbocycles. The Morgan fingerprint density at radius 2 is 2.18 bits per heavy atom. The van der Waals surface area contributed by atoms with E-state index in [-0.39, 0.29) is 17.9 Å². The molecule has 1 amide bonds. The third-order valence-corrected chi connectivity index (χ3v) is 5.22. The summed E-state index contributed by atoms with van der Waals surface area (Å²) in [6.07, 6.45) is 6.27. The number of carbonyl (C=O) groups is 1. The van der Waals surface area contributed by atoms with Gasteiger partial charge in [0.15, 0.2) is 0 Å². The Morgan fingerprint density at radius 1 is 1.32 bits per heavy atom. The van der Waals surface area contributed by atoms with Crippen LogP contribution in [0.15, 0.2) is 18.2 Å². The van der Waals surface area contributed by atoms with Crippen LogP contribution in [0.4, 0.5) is 0 Å². The number of nitrogens with one attached hydrogen (secondary N) is 2. The topological polar surface area (TPSA) is 54.1 Å². The Balaban J connectivity index is 1.57. The van der Waals surface area contributed by atoms with E-state index in [0.717, 1.165) is 43.4 Å². The molecule has 2 N–H and O–H groups in total. The zero-order valence-electron chi connectivity index (χ0n) is 12.9. The highest BCUT2D eigenvalue weighted by Crippen LogP contribution is 2.32. The second-order valence-corrected chi connectivity index (χ2v) is 6.57. The van der Waals surface area contributed by atoms with Gasteiger partial charge in [-0.15, -0.1) is 0 Å². The fraction of sp³-hybridized carbons (Fsp3) is 0.500. The molecule has 1 heterocycles. The van der Waals surface area contributed by atoms with Gasteiger partial charge in [-0.25, -0.2) is 0 Å². The fourth-order valence-electron chi connectivity index (χ4n) is 3.64. The van der Waals surface area contributed by atoms with Crippen LogP contribution in [0, 0.1) is 5.92 Å². The van der Waals surface area contributed by atoms with Crippen LogP contribution in [-0.4, -0.2) is 24.0 Å². The van der Waals surface area contributed by atoms with E-state index in [1.165, 1.54) is 23.1 Å². The molecule has 1 saturated carbocycles. The van der Waals surface area contributed by atoms with Gasteiger partial charge in [0, 0.05) is 28.6 Å². The van der Waals surface area contributed by atoms with Crippen LogP contribution in [-0.2, 0) is 17.6 Å². The number of aromatic amines is 1. The van der Waals surface area contributed by atoms with Crippen molar-refractivity contribution in [3.05, 3.63) is 29.5 Å².